The highest BCUT2D eigenvalue weighted by atomic mass is 35.5. The van der Waals surface area contributed by atoms with Gasteiger partial charge < -0.3 is 29.4 Å². The summed E-state index contributed by atoms with van der Waals surface area (Å²) in [6, 6.07) is 15.2. The molecule has 3 aromatic carbocycles. The first kappa shape index (κ1) is 28.7. The first-order valence-electron chi connectivity index (χ1n) is 12.3. The average molecular weight is 581 g/mol. The number of halogens is 2. The first-order valence-corrected chi connectivity index (χ1v) is 13.0. The molecule has 0 aromatic heterocycles. The van der Waals surface area contributed by atoms with Gasteiger partial charge in [-0.15, -0.1) is 0 Å². The molecule has 1 aliphatic heterocycles. The van der Waals surface area contributed by atoms with Crippen molar-refractivity contribution in [1.82, 2.24) is 0 Å². The molecule has 0 aliphatic carbocycles. The van der Waals surface area contributed by atoms with Crippen molar-refractivity contribution in [3.05, 3.63) is 99.4 Å². The highest BCUT2D eigenvalue weighted by Crippen LogP contribution is 2.45. The molecule has 0 bridgehead atoms. The molecule has 10 heteroatoms. The molecule has 0 radical (unpaired) electrons. The number of esters is 1. The van der Waals surface area contributed by atoms with Gasteiger partial charge in [-0.05, 0) is 42.3 Å². The Morgan fingerprint density at radius 3 is 2.52 bits per heavy atom. The molecule has 1 heterocycles. The maximum absolute atomic E-state index is 12.9. The number of nitrogens with two attached hydrogens (primary N) is 1. The van der Waals surface area contributed by atoms with E-state index in [2.05, 4.69) is 12.6 Å². The number of fused-ring (bicyclic) bond motifs is 1. The smallest absolute Gasteiger partial charge is 0.343 e. The number of rotatable bonds is 10. The molecular weight excluding hydrogens is 555 g/mol. The molecule has 1 aliphatic rings. The average Bonchev–Trinajstić information content (AvgIpc) is 2.94. The number of hydrogen-bond acceptors (Lipinski definition) is 8. The van der Waals surface area contributed by atoms with E-state index in [-0.39, 0.29) is 32.8 Å². The minimum Gasteiger partial charge on any atom is -0.493 e. The molecule has 0 saturated heterocycles. The maximum atomic E-state index is 12.9. The highest BCUT2D eigenvalue weighted by molar-refractivity contribution is 6.37. The van der Waals surface area contributed by atoms with E-state index in [1.165, 1.54) is 25.3 Å². The van der Waals surface area contributed by atoms with Crippen LogP contribution in [0, 0.1) is 11.3 Å². The molecule has 4 rings (SSSR count). The summed E-state index contributed by atoms with van der Waals surface area (Å²) in [4.78, 5) is 12.9. The number of allylic oxidation sites excluding steroid dienone is 1. The van der Waals surface area contributed by atoms with E-state index in [1.54, 1.807) is 30.3 Å². The lowest BCUT2D eigenvalue weighted by Crippen LogP contribution is -2.21. The molecule has 0 fully saturated rings. The van der Waals surface area contributed by atoms with E-state index in [1.807, 2.05) is 13.0 Å². The highest BCUT2D eigenvalue weighted by Gasteiger charge is 2.32. The molecule has 40 heavy (non-hydrogen) atoms. The zero-order chi connectivity index (χ0) is 28.8. The number of nitrogens with zero attached hydrogens (tertiary/aromatic N) is 1. The van der Waals surface area contributed by atoms with Crippen molar-refractivity contribution < 1.29 is 28.5 Å². The Hall–Kier alpha value is -4.32. The second-order valence-electron chi connectivity index (χ2n) is 8.64. The Bertz CT molecular complexity index is 1510. The molecular formula is C30H26Cl2N2O6. The summed E-state index contributed by atoms with van der Waals surface area (Å²) in [5.41, 5.74) is 7.89. The molecule has 3 aromatic rings. The standard InChI is InChI=1S/C30H26Cl2N2O6/c1-4-10-37-24-9-6-17(14-26(24)36-3)27-20-8-7-19(15-25(20)40-29(34)21(27)16-33)39-30(35)18-12-22(31)28(23(32)13-18)38-11-5-2/h4,6-9,12-15,27H,1,5,10-11,34H2,2-3H3. The number of methoxy groups -OCH3 is 1. The first-order chi connectivity index (χ1) is 19.3. The third-order valence-electron chi connectivity index (χ3n) is 5.96. The number of hydrogen-bond donors (Lipinski definition) is 1. The number of carbonyl (C=O) groups is 1. The fourth-order valence-electron chi connectivity index (χ4n) is 4.16. The number of benzene rings is 3. The Labute approximate surface area is 242 Å². The van der Waals surface area contributed by atoms with Gasteiger partial charge in [0.1, 0.15) is 29.7 Å². The number of nitriles is 1. The van der Waals surface area contributed by atoms with Gasteiger partial charge in [0.05, 0.1) is 35.2 Å². The lowest BCUT2D eigenvalue weighted by Gasteiger charge is -2.27. The number of carbonyl (C=O) groups excluding carboxylic acids is 1. The molecule has 2 N–H and O–H groups in total. The summed E-state index contributed by atoms with van der Waals surface area (Å²) < 4.78 is 28.0. The lowest BCUT2D eigenvalue weighted by molar-refractivity contribution is 0.0734. The van der Waals surface area contributed by atoms with Crippen molar-refractivity contribution in [2.75, 3.05) is 20.3 Å². The predicted molar refractivity (Wildman–Crippen MR) is 152 cm³/mol. The zero-order valence-electron chi connectivity index (χ0n) is 21.8. The van der Waals surface area contributed by atoms with Crippen LogP contribution in [0.1, 0.15) is 40.7 Å². The monoisotopic (exact) mass is 580 g/mol. The second-order valence-corrected chi connectivity index (χ2v) is 9.46. The largest absolute Gasteiger partial charge is 0.493 e. The van der Waals surface area contributed by atoms with E-state index in [0.29, 0.717) is 41.8 Å². The van der Waals surface area contributed by atoms with Gasteiger partial charge >= 0.3 is 5.97 Å². The van der Waals surface area contributed by atoms with Crippen molar-refractivity contribution >= 4 is 29.2 Å². The van der Waals surface area contributed by atoms with Crippen LogP contribution in [-0.2, 0) is 0 Å². The summed E-state index contributed by atoms with van der Waals surface area (Å²) >= 11 is 12.6. The maximum Gasteiger partial charge on any atom is 0.343 e. The van der Waals surface area contributed by atoms with Crippen molar-refractivity contribution in [3.63, 3.8) is 0 Å². The normalized spacial score (nSPS) is 13.9. The number of ether oxygens (including phenoxy) is 5. The van der Waals surface area contributed by atoms with Crippen molar-refractivity contribution in [2.24, 2.45) is 5.73 Å². The van der Waals surface area contributed by atoms with Crippen molar-refractivity contribution in [2.45, 2.75) is 19.3 Å². The van der Waals surface area contributed by atoms with E-state index in [0.717, 1.165) is 12.0 Å². The summed E-state index contributed by atoms with van der Waals surface area (Å²) in [7, 11) is 1.53. The molecule has 0 amide bonds. The minimum atomic E-state index is -0.681. The van der Waals surface area contributed by atoms with Crippen LogP contribution < -0.4 is 29.4 Å². The second kappa shape index (κ2) is 12.7. The molecule has 0 spiro atoms. The van der Waals surface area contributed by atoms with E-state index >= 15 is 0 Å². The molecule has 0 saturated carbocycles. The van der Waals surface area contributed by atoms with E-state index < -0.39 is 11.9 Å². The Balaban J connectivity index is 1.64. The summed E-state index contributed by atoms with van der Waals surface area (Å²) in [5, 5.41) is 10.3. The van der Waals surface area contributed by atoms with E-state index in [9.17, 15) is 10.1 Å². The summed E-state index contributed by atoms with van der Waals surface area (Å²) in [5.74, 6) is 0.544. The van der Waals surface area contributed by atoms with E-state index in [4.69, 9.17) is 52.6 Å². The fraction of sp³-hybridized carbons (Fsp3) is 0.200. The van der Waals surface area contributed by atoms with Gasteiger partial charge in [0.2, 0.25) is 5.88 Å². The van der Waals surface area contributed by atoms with Gasteiger partial charge in [-0.1, -0.05) is 54.9 Å². The van der Waals surface area contributed by atoms with Crippen molar-refractivity contribution in [1.29, 1.82) is 5.26 Å². The molecule has 1 unspecified atom stereocenters. The Kier molecular flexibility index (Phi) is 9.10. The van der Waals surface area contributed by atoms with Crippen LogP contribution in [0.2, 0.25) is 10.0 Å². The summed E-state index contributed by atoms with van der Waals surface area (Å²) in [6.45, 7) is 6.35. The molecule has 1 atom stereocenters. The third-order valence-corrected chi connectivity index (χ3v) is 6.52. The van der Waals surface area contributed by atoms with Crippen molar-refractivity contribution in [3.8, 4) is 34.8 Å². The molecule has 206 valence electrons. The van der Waals surface area contributed by atoms with Crippen LogP contribution in [0.15, 0.2) is 72.6 Å². The van der Waals surface area contributed by atoms with Crippen LogP contribution in [-0.4, -0.2) is 26.3 Å². The predicted octanol–water partition coefficient (Wildman–Crippen LogP) is 6.79. The minimum absolute atomic E-state index is 0.0596. The Morgan fingerprint density at radius 2 is 1.88 bits per heavy atom. The topological polar surface area (TPSA) is 113 Å². The lowest BCUT2D eigenvalue weighted by atomic mass is 9.83. The van der Waals surface area contributed by atoms with Crippen LogP contribution >= 0.6 is 23.2 Å². The third kappa shape index (κ3) is 5.96. The Morgan fingerprint density at radius 1 is 1.12 bits per heavy atom. The summed E-state index contributed by atoms with van der Waals surface area (Å²) in [6.07, 6.45) is 2.40. The van der Waals surface area contributed by atoms with Gasteiger partial charge in [-0.3, -0.25) is 0 Å². The van der Waals surface area contributed by atoms with Gasteiger partial charge in [0, 0.05) is 11.6 Å². The van der Waals surface area contributed by atoms with Gasteiger partial charge in [-0.25, -0.2) is 4.79 Å². The fourth-order valence-corrected chi connectivity index (χ4v) is 4.76. The van der Waals surface area contributed by atoms with Crippen LogP contribution in [0.3, 0.4) is 0 Å². The zero-order valence-corrected chi connectivity index (χ0v) is 23.3. The van der Waals surface area contributed by atoms with Gasteiger partial charge in [0.25, 0.3) is 0 Å². The SMILES string of the molecule is C=CCOc1ccc(C2C(C#N)=C(N)Oc3cc(OC(=O)c4cc(Cl)c(OCCC)c(Cl)c4)ccc32)cc1OC. The quantitative estimate of drug-likeness (QED) is 0.158. The van der Waals surface area contributed by atoms with Crippen LogP contribution in [0.5, 0.6) is 28.7 Å². The van der Waals surface area contributed by atoms with Gasteiger partial charge in [-0.2, -0.15) is 5.26 Å². The van der Waals surface area contributed by atoms with Gasteiger partial charge in [0.15, 0.2) is 17.2 Å². The van der Waals surface area contributed by atoms with Crippen LogP contribution in [0.25, 0.3) is 0 Å². The molecule has 8 nitrogen and oxygen atoms in total. The van der Waals surface area contributed by atoms with Crippen LogP contribution in [0.4, 0.5) is 0 Å².